The maximum Gasteiger partial charge on any atom is 0.250 e. The molecule has 3 aliphatic rings. The van der Waals surface area contributed by atoms with E-state index < -0.39 is 0 Å². The van der Waals surface area contributed by atoms with Crippen LogP contribution in [0.2, 0.25) is 0 Å². The van der Waals surface area contributed by atoms with E-state index in [2.05, 4.69) is 28.0 Å². The molecule has 2 heterocycles. The summed E-state index contributed by atoms with van der Waals surface area (Å²) in [5.41, 5.74) is 5.44. The zero-order chi connectivity index (χ0) is 18.4. The summed E-state index contributed by atoms with van der Waals surface area (Å²) in [5, 5.41) is 0. The number of rotatable bonds is 6. The van der Waals surface area contributed by atoms with E-state index in [0.29, 0.717) is 0 Å². The SMILES string of the molecule is Cn1cc(N(CC2CC2)c2ccc3c(c2)CN(CC2CC2)CC3)ccc1=O. The molecule has 27 heavy (non-hydrogen) atoms. The van der Waals surface area contributed by atoms with E-state index >= 15 is 0 Å². The molecule has 0 spiro atoms. The third-order valence-electron chi connectivity index (χ3n) is 6.33. The zero-order valence-electron chi connectivity index (χ0n) is 16.2. The largest absolute Gasteiger partial charge is 0.340 e. The van der Waals surface area contributed by atoms with Gasteiger partial charge >= 0.3 is 0 Å². The van der Waals surface area contributed by atoms with Gasteiger partial charge in [0, 0.05) is 51.2 Å². The third-order valence-corrected chi connectivity index (χ3v) is 6.33. The van der Waals surface area contributed by atoms with Crippen molar-refractivity contribution < 1.29 is 0 Å². The van der Waals surface area contributed by atoms with Gasteiger partial charge in [0.05, 0.1) is 5.69 Å². The number of hydrogen-bond donors (Lipinski definition) is 0. The monoisotopic (exact) mass is 363 g/mol. The Balaban J connectivity index is 1.44. The highest BCUT2D eigenvalue weighted by Crippen LogP contribution is 2.37. The Morgan fingerprint density at radius 3 is 2.52 bits per heavy atom. The summed E-state index contributed by atoms with van der Waals surface area (Å²) < 4.78 is 1.69. The highest BCUT2D eigenvalue weighted by molar-refractivity contribution is 5.64. The second kappa shape index (κ2) is 6.83. The Bertz CT molecular complexity index is 895. The standard InChI is InChI=1S/C23H29N3O/c1-24-16-22(8-9-23(24)27)26(14-18-4-5-18)21-7-6-19-10-11-25(13-17-2-3-17)15-20(19)12-21/h6-9,12,16-18H,2-5,10-11,13-15H2,1H3. The molecule has 0 saturated heterocycles. The number of hydrogen-bond acceptors (Lipinski definition) is 3. The van der Waals surface area contributed by atoms with Gasteiger partial charge in [-0.05, 0) is 73.3 Å². The normalized spacial score (nSPS) is 19.7. The topological polar surface area (TPSA) is 28.5 Å². The van der Waals surface area contributed by atoms with Crippen LogP contribution in [0, 0.1) is 11.8 Å². The number of anilines is 2. The lowest BCUT2D eigenvalue weighted by Crippen LogP contribution is -2.32. The predicted octanol–water partition coefficient (Wildman–Crippen LogP) is 3.70. The van der Waals surface area contributed by atoms with Gasteiger partial charge in [-0.1, -0.05) is 6.07 Å². The van der Waals surface area contributed by atoms with E-state index in [4.69, 9.17) is 0 Å². The number of nitrogens with zero attached hydrogens (tertiary/aromatic N) is 3. The van der Waals surface area contributed by atoms with Crippen molar-refractivity contribution in [3.8, 4) is 0 Å². The van der Waals surface area contributed by atoms with Crippen molar-refractivity contribution in [2.75, 3.05) is 24.5 Å². The zero-order valence-corrected chi connectivity index (χ0v) is 16.2. The molecule has 0 atom stereocenters. The second-order valence-corrected chi connectivity index (χ2v) is 8.77. The van der Waals surface area contributed by atoms with Crippen LogP contribution in [-0.4, -0.2) is 29.1 Å². The number of aromatic nitrogens is 1. The molecule has 0 N–H and O–H groups in total. The van der Waals surface area contributed by atoms with Gasteiger partial charge < -0.3 is 9.47 Å². The first-order chi connectivity index (χ1) is 13.2. The molecule has 142 valence electrons. The molecule has 0 amide bonds. The summed E-state index contributed by atoms with van der Waals surface area (Å²) in [6, 6.07) is 10.7. The van der Waals surface area contributed by atoms with Crippen molar-refractivity contribution in [1.82, 2.24) is 9.47 Å². The van der Waals surface area contributed by atoms with Crippen LogP contribution in [0.3, 0.4) is 0 Å². The summed E-state index contributed by atoms with van der Waals surface area (Å²) in [5.74, 6) is 1.73. The Kier molecular flexibility index (Phi) is 4.31. The molecule has 4 nitrogen and oxygen atoms in total. The van der Waals surface area contributed by atoms with E-state index in [1.54, 1.807) is 10.6 Å². The van der Waals surface area contributed by atoms with Crippen LogP contribution < -0.4 is 10.5 Å². The van der Waals surface area contributed by atoms with Crippen molar-refractivity contribution in [2.24, 2.45) is 18.9 Å². The quantitative estimate of drug-likeness (QED) is 0.783. The van der Waals surface area contributed by atoms with E-state index in [-0.39, 0.29) is 5.56 Å². The Morgan fingerprint density at radius 1 is 1.00 bits per heavy atom. The Labute approximate surface area is 161 Å². The summed E-state index contributed by atoms with van der Waals surface area (Å²) in [4.78, 5) is 16.9. The summed E-state index contributed by atoms with van der Waals surface area (Å²) in [7, 11) is 1.84. The van der Waals surface area contributed by atoms with Crippen LogP contribution in [0.4, 0.5) is 11.4 Å². The third kappa shape index (κ3) is 3.81. The molecule has 2 aromatic rings. The van der Waals surface area contributed by atoms with Crippen molar-refractivity contribution in [2.45, 2.75) is 38.6 Å². The molecule has 2 saturated carbocycles. The van der Waals surface area contributed by atoms with Crippen LogP contribution in [0.25, 0.3) is 0 Å². The summed E-state index contributed by atoms with van der Waals surface area (Å²) in [6.07, 6.45) is 8.63. The first-order valence-electron chi connectivity index (χ1n) is 10.4. The predicted molar refractivity (Wildman–Crippen MR) is 110 cm³/mol. The van der Waals surface area contributed by atoms with E-state index in [1.165, 1.54) is 62.0 Å². The van der Waals surface area contributed by atoms with Gasteiger partial charge in [-0.3, -0.25) is 9.69 Å². The molecule has 1 aliphatic heterocycles. The first-order valence-corrected chi connectivity index (χ1v) is 10.4. The fourth-order valence-electron chi connectivity index (χ4n) is 4.25. The van der Waals surface area contributed by atoms with Gasteiger partial charge in [-0.25, -0.2) is 0 Å². The number of fused-ring (bicyclic) bond motifs is 1. The van der Waals surface area contributed by atoms with Crippen molar-refractivity contribution in [1.29, 1.82) is 0 Å². The van der Waals surface area contributed by atoms with Gasteiger partial charge in [0.2, 0.25) is 5.56 Å². The molecular weight excluding hydrogens is 334 g/mol. The Hall–Kier alpha value is -2.07. The van der Waals surface area contributed by atoms with Gasteiger partial charge in [0.25, 0.3) is 0 Å². The molecule has 4 heteroatoms. The van der Waals surface area contributed by atoms with E-state index in [0.717, 1.165) is 30.6 Å². The lowest BCUT2D eigenvalue weighted by molar-refractivity contribution is 0.244. The maximum atomic E-state index is 11.8. The average Bonchev–Trinajstić information content (AvgIpc) is 3.58. The van der Waals surface area contributed by atoms with Crippen LogP contribution in [0.5, 0.6) is 0 Å². The minimum atomic E-state index is 0.0475. The minimum Gasteiger partial charge on any atom is -0.340 e. The van der Waals surface area contributed by atoms with Gasteiger partial charge in [0.15, 0.2) is 0 Å². The molecule has 1 aromatic carbocycles. The van der Waals surface area contributed by atoms with Crippen molar-refractivity contribution >= 4 is 11.4 Å². The smallest absolute Gasteiger partial charge is 0.250 e. The van der Waals surface area contributed by atoms with Crippen LogP contribution in [0.15, 0.2) is 41.3 Å². The summed E-state index contributed by atoms with van der Waals surface area (Å²) >= 11 is 0. The van der Waals surface area contributed by atoms with Gasteiger partial charge in [-0.15, -0.1) is 0 Å². The first kappa shape index (κ1) is 17.1. The number of pyridine rings is 1. The molecule has 5 rings (SSSR count). The van der Waals surface area contributed by atoms with Gasteiger partial charge in [-0.2, -0.15) is 0 Å². The molecule has 1 aromatic heterocycles. The molecule has 2 aliphatic carbocycles. The fraction of sp³-hybridized carbons (Fsp3) is 0.522. The van der Waals surface area contributed by atoms with E-state index in [1.807, 2.05) is 19.3 Å². The molecule has 2 fully saturated rings. The Morgan fingerprint density at radius 2 is 1.78 bits per heavy atom. The van der Waals surface area contributed by atoms with Crippen LogP contribution in [-0.2, 0) is 20.0 Å². The molecular formula is C23H29N3O. The van der Waals surface area contributed by atoms with Crippen molar-refractivity contribution in [3.05, 3.63) is 58.0 Å². The number of aryl methyl sites for hydroxylation is 1. The summed E-state index contributed by atoms with van der Waals surface area (Å²) in [6.45, 7) is 4.61. The highest BCUT2D eigenvalue weighted by Gasteiger charge is 2.28. The van der Waals surface area contributed by atoms with E-state index in [9.17, 15) is 4.79 Å². The average molecular weight is 364 g/mol. The van der Waals surface area contributed by atoms with Gasteiger partial charge in [0.1, 0.15) is 0 Å². The van der Waals surface area contributed by atoms with Crippen LogP contribution in [0.1, 0.15) is 36.8 Å². The minimum absolute atomic E-state index is 0.0475. The maximum absolute atomic E-state index is 11.8. The molecule has 0 radical (unpaired) electrons. The number of benzene rings is 1. The fourth-order valence-corrected chi connectivity index (χ4v) is 4.25. The van der Waals surface area contributed by atoms with Crippen molar-refractivity contribution in [3.63, 3.8) is 0 Å². The molecule has 0 unspecified atom stereocenters. The molecule has 0 bridgehead atoms. The van der Waals surface area contributed by atoms with Crippen LogP contribution >= 0.6 is 0 Å². The second-order valence-electron chi connectivity index (χ2n) is 8.77. The lowest BCUT2D eigenvalue weighted by atomic mass is 9.98. The lowest BCUT2D eigenvalue weighted by Gasteiger charge is -2.31. The highest BCUT2D eigenvalue weighted by atomic mass is 16.1.